The second kappa shape index (κ2) is 3.51. The SMILES string of the molecule is Cc1ncsc1C(N)c1nccn1C. The summed E-state index contributed by atoms with van der Waals surface area (Å²) in [6.07, 6.45) is 3.65. The molecule has 0 aliphatic heterocycles. The van der Waals surface area contributed by atoms with Gasteiger partial charge in [-0.1, -0.05) is 0 Å². The molecule has 0 amide bonds. The van der Waals surface area contributed by atoms with E-state index in [0.717, 1.165) is 16.4 Å². The lowest BCUT2D eigenvalue weighted by molar-refractivity contribution is 0.721. The monoisotopic (exact) mass is 208 g/mol. The molecule has 0 saturated carbocycles. The maximum atomic E-state index is 6.09. The molecule has 0 fully saturated rings. The van der Waals surface area contributed by atoms with E-state index in [1.807, 2.05) is 30.2 Å². The van der Waals surface area contributed by atoms with Crippen LogP contribution in [0.2, 0.25) is 0 Å². The molecule has 0 aliphatic rings. The van der Waals surface area contributed by atoms with Gasteiger partial charge in [0.1, 0.15) is 5.82 Å². The summed E-state index contributed by atoms with van der Waals surface area (Å²) in [6.45, 7) is 1.97. The molecule has 2 aromatic heterocycles. The molecule has 0 aromatic carbocycles. The van der Waals surface area contributed by atoms with Gasteiger partial charge >= 0.3 is 0 Å². The summed E-state index contributed by atoms with van der Waals surface area (Å²) in [5, 5.41) is 0. The van der Waals surface area contributed by atoms with Crippen molar-refractivity contribution in [1.29, 1.82) is 0 Å². The van der Waals surface area contributed by atoms with Gasteiger partial charge in [-0.3, -0.25) is 0 Å². The smallest absolute Gasteiger partial charge is 0.130 e. The van der Waals surface area contributed by atoms with Crippen molar-refractivity contribution in [3.63, 3.8) is 0 Å². The largest absolute Gasteiger partial charge is 0.336 e. The number of rotatable bonds is 2. The minimum absolute atomic E-state index is 0.164. The molecule has 4 nitrogen and oxygen atoms in total. The first-order valence-electron chi connectivity index (χ1n) is 4.33. The standard InChI is InChI=1S/C9H12N4S/c1-6-8(14-5-12-6)7(10)9-11-3-4-13(9)2/h3-5,7H,10H2,1-2H3. The van der Waals surface area contributed by atoms with Crippen molar-refractivity contribution in [2.24, 2.45) is 12.8 Å². The highest BCUT2D eigenvalue weighted by Crippen LogP contribution is 2.24. The zero-order valence-corrected chi connectivity index (χ0v) is 8.95. The molecule has 0 bridgehead atoms. The number of thiazole rings is 1. The molecular weight excluding hydrogens is 196 g/mol. The van der Waals surface area contributed by atoms with Crippen LogP contribution in [0.25, 0.3) is 0 Å². The van der Waals surface area contributed by atoms with Gasteiger partial charge in [0, 0.05) is 19.4 Å². The van der Waals surface area contributed by atoms with Crippen molar-refractivity contribution >= 4 is 11.3 Å². The van der Waals surface area contributed by atoms with Crippen molar-refractivity contribution in [1.82, 2.24) is 14.5 Å². The van der Waals surface area contributed by atoms with Crippen molar-refractivity contribution in [3.05, 3.63) is 34.3 Å². The summed E-state index contributed by atoms with van der Waals surface area (Å²) < 4.78 is 1.93. The molecule has 74 valence electrons. The number of nitrogens with zero attached hydrogens (tertiary/aromatic N) is 3. The highest BCUT2D eigenvalue weighted by molar-refractivity contribution is 7.09. The van der Waals surface area contributed by atoms with Crippen LogP contribution in [0.1, 0.15) is 22.4 Å². The molecular formula is C9H12N4S. The first kappa shape index (κ1) is 9.36. The Bertz CT molecular complexity index is 391. The summed E-state index contributed by atoms with van der Waals surface area (Å²) in [6, 6.07) is -0.164. The molecule has 0 saturated heterocycles. The zero-order valence-electron chi connectivity index (χ0n) is 8.14. The number of imidazole rings is 1. The highest BCUT2D eigenvalue weighted by atomic mass is 32.1. The van der Waals surface area contributed by atoms with Crippen LogP contribution < -0.4 is 5.73 Å². The fourth-order valence-electron chi connectivity index (χ4n) is 1.40. The van der Waals surface area contributed by atoms with Crippen molar-refractivity contribution < 1.29 is 0 Å². The Hall–Kier alpha value is -1.20. The van der Waals surface area contributed by atoms with E-state index in [4.69, 9.17) is 5.73 Å². The molecule has 0 spiro atoms. The molecule has 2 N–H and O–H groups in total. The average Bonchev–Trinajstić information content (AvgIpc) is 2.73. The third-order valence-electron chi connectivity index (χ3n) is 2.20. The van der Waals surface area contributed by atoms with Gasteiger partial charge in [-0.25, -0.2) is 9.97 Å². The molecule has 2 heterocycles. The maximum Gasteiger partial charge on any atom is 0.130 e. The third kappa shape index (κ3) is 1.44. The molecule has 2 aromatic rings. The third-order valence-corrected chi connectivity index (χ3v) is 3.22. The Balaban J connectivity index is 2.38. The fourth-order valence-corrected chi connectivity index (χ4v) is 2.20. The van der Waals surface area contributed by atoms with E-state index in [1.54, 1.807) is 17.5 Å². The van der Waals surface area contributed by atoms with Crippen LogP contribution in [0.3, 0.4) is 0 Å². The number of hydrogen-bond donors (Lipinski definition) is 1. The van der Waals surface area contributed by atoms with E-state index in [1.165, 1.54) is 0 Å². The quantitative estimate of drug-likeness (QED) is 0.807. The first-order valence-corrected chi connectivity index (χ1v) is 5.21. The van der Waals surface area contributed by atoms with Gasteiger partial charge in [0.25, 0.3) is 0 Å². The van der Waals surface area contributed by atoms with E-state index in [-0.39, 0.29) is 6.04 Å². The highest BCUT2D eigenvalue weighted by Gasteiger charge is 2.17. The van der Waals surface area contributed by atoms with Crippen molar-refractivity contribution in [2.75, 3.05) is 0 Å². The Morgan fingerprint density at radius 3 is 2.79 bits per heavy atom. The van der Waals surface area contributed by atoms with Gasteiger partial charge in [-0.05, 0) is 6.92 Å². The first-order chi connectivity index (χ1) is 6.70. The fraction of sp³-hybridized carbons (Fsp3) is 0.333. The number of nitrogens with two attached hydrogens (primary N) is 1. The minimum Gasteiger partial charge on any atom is -0.336 e. The zero-order chi connectivity index (χ0) is 10.1. The number of hydrogen-bond acceptors (Lipinski definition) is 4. The van der Waals surface area contributed by atoms with Gasteiger partial charge in [0.2, 0.25) is 0 Å². The van der Waals surface area contributed by atoms with Crippen LogP contribution in [-0.4, -0.2) is 14.5 Å². The van der Waals surface area contributed by atoms with Crippen LogP contribution in [-0.2, 0) is 7.05 Å². The number of aromatic nitrogens is 3. The molecule has 5 heteroatoms. The Kier molecular flexibility index (Phi) is 2.35. The molecule has 2 rings (SSSR count). The molecule has 0 aliphatic carbocycles. The summed E-state index contributed by atoms with van der Waals surface area (Å²) in [7, 11) is 1.94. The lowest BCUT2D eigenvalue weighted by Crippen LogP contribution is -2.16. The van der Waals surface area contributed by atoms with Crippen molar-refractivity contribution in [3.8, 4) is 0 Å². The van der Waals surface area contributed by atoms with Crippen LogP contribution >= 0.6 is 11.3 Å². The summed E-state index contributed by atoms with van der Waals surface area (Å²) in [4.78, 5) is 9.49. The van der Waals surface area contributed by atoms with E-state index >= 15 is 0 Å². The van der Waals surface area contributed by atoms with Crippen LogP contribution in [0, 0.1) is 6.92 Å². The Morgan fingerprint density at radius 2 is 2.29 bits per heavy atom. The topological polar surface area (TPSA) is 56.7 Å². The van der Waals surface area contributed by atoms with Gasteiger partial charge in [0.15, 0.2) is 0 Å². The predicted octanol–water partition coefficient (Wildman–Crippen LogP) is 1.23. The second-order valence-electron chi connectivity index (χ2n) is 3.18. The Labute approximate surface area is 86.4 Å². The van der Waals surface area contributed by atoms with Crippen LogP contribution in [0.4, 0.5) is 0 Å². The average molecular weight is 208 g/mol. The molecule has 1 unspecified atom stereocenters. The van der Waals surface area contributed by atoms with E-state index in [2.05, 4.69) is 9.97 Å². The van der Waals surface area contributed by atoms with Gasteiger partial charge < -0.3 is 10.3 Å². The van der Waals surface area contributed by atoms with Gasteiger partial charge in [-0.15, -0.1) is 11.3 Å². The number of aryl methyl sites for hydroxylation is 2. The minimum atomic E-state index is -0.164. The maximum absolute atomic E-state index is 6.09. The normalized spacial score (nSPS) is 13.1. The van der Waals surface area contributed by atoms with Crippen molar-refractivity contribution in [2.45, 2.75) is 13.0 Å². The van der Waals surface area contributed by atoms with Crippen LogP contribution in [0.15, 0.2) is 17.9 Å². The molecule has 14 heavy (non-hydrogen) atoms. The Morgan fingerprint density at radius 1 is 1.50 bits per heavy atom. The summed E-state index contributed by atoms with van der Waals surface area (Å²) in [5.41, 5.74) is 8.90. The van der Waals surface area contributed by atoms with Gasteiger partial charge in [-0.2, -0.15) is 0 Å². The van der Waals surface area contributed by atoms with E-state index in [0.29, 0.717) is 0 Å². The van der Waals surface area contributed by atoms with E-state index < -0.39 is 0 Å². The molecule has 0 radical (unpaired) electrons. The summed E-state index contributed by atoms with van der Waals surface area (Å²) in [5.74, 6) is 0.873. The van der Waals surface area contributed by atoms with Gasteiger partial charge in [0.05, 0.1) is 22.1 Å². The molecule has 1 atom stereocenters. The van der Waals surface area contributed by atoms with Crippen LogP contribution in [0.5, 0.6) is 0 Å². The second-order valence-corrected chi connectivity index (χ2v) is 4.06. The lowest BCUT2D eigenvalue weighted by atomic mass is 10.2. The van der Waals surface area contributed by atoms with E-state index in [9.17, 15) is 0 Å². The lowest BCUT2D eigenvalue weighted by Gasteiger charge is -2.09. The predicted molar refractivity (Wildman–Crippen MR) is 56.1 cm³/mol. The summed E-state index contributed by atoms with van der Waals surface area (Å²) >= 11 is 1.58.